The Kier molecular flexibility index (Phi) is 8.54. The summed E-state index contributed by atoms with van der Waals surface area (Å²) in [6.07, 6.45) is -0.208. The average Bonchev–Trinajstić information content (AvgIpc) is 2.59. The van der Waals surface area contributed by atoms with Crippen molar-refractivity contribution in [3.63, 3.8) is 0 Å². The van der Waals surface area contributed by atoms with Gasteiger partial charge in [-0.3, -0.25) is 9.59 Å². The Bertz CT molecular complexity index is 634. The van der Waals surface area contributed by atoms with Gasteiger partial charge in [0.2, 0.25) is 0 Å². The lowest BCUT2D eigenvalue weighted by molar-refractivity contribution is -0.153. The van der Waals surface area contributed by atoms with Gasteiger partial charge in [-0.1, -0.05) is 60.7 Å². The maximum absolute atomic E-state index is 11.8. The summed E-state index contributed by atoms with van der Waals surface area (Å²) in [5.41, 5.74) is 7.41. The van der Waals surface area contributed by atoms with Gasteiger partial charge in [-0.2, -0.15) is 0 Å². The van der Waals surface area contributed by atoms with Gasteiger partial charge in [0.25, 0.3) is 0 Å². The first-order valence-electron chi connectivity index (χ1n) is 7.31. The van der Waals surface area contributed by atoms with Crippen molar-refractivity contribution in [2.45, 2.75) is 25.7 Å². The second-order valence-corrected chi connectivity index (χ2v) is 5.05. The fraction of sp³-hybridized carbons (Fsp3) is 0.222. The van der Waals surface area contributed by atoms with Crippen LogP contribution in [0.2, 0.25) is 0 Å². The minimum Gasteiger partial charge on any atom is -0.461 e. The highest BCUT2D eigenvalue weighted by Crippen LogP contribution is 2.05. The van der Waals surface area contributed by atoms with Crippen LogP contribution < -0.4 is 5.73 Å². The van der Waals surface area contributed by atoms with E-state index in [4.69, 9.17) is 15.2 Å². The van der Waals surface area contributed by atoms with Gasteiger partial charge in [-0.05, 0) is 11.1 Å². The Morgan fingerprint density at radius 3 is 1.79 bits per heavy atom. The number of esters is 2. The summed E-state index contributed by atoms with van der Waals surface area (Å²) in [4.78, 5) is 23.5. The van der Waals surface area contributed by atoms with Gasteiger partial charge >= 0.3 is 11.9 Å². The highest BCUT2D eigenvalue weighted by atomic mass is 35.5. The van der Waals surface area contributed by atoms with E-state index in [1.54, 1.807) is 0 Å². The number of benzene rings is 2. The van der Waals surface area contributed by atoms with E-state index in [1.807, 2.05) is 60.7 Å². The average molecular weight is 350 g/mol. The van der Waals surface area contributed by atoms with E-state index < -0.39 is 18.0 Å². The van der Waals surface area contributed by atoms with E-state index in [9.17, 15) is 9.59 Å². The van der Waals surface area contributed by atoms with Gasteiger partial charge in [-0.15, -0.1) is 12.4 Å². The molecule has 0 saturated carbocycles. The van der Waals surface area contributed by atoms with Crippen LogP contribution in [-0.2, 0) is 32.3 Å². The van der Waals surface area contributed by atoms with Crippen molar-refractivity contribution in [2.24, 2.45) is 5.73 Å². The molecule has 0 aliphatic carbocycles. The Labute approximate surface area is 147 Å². The number of carbonyl (C=O) groups is 2. The second kappa shape index (κ2) is 10.4. The molecule has 0 aromatic heterocycles. The first-order valence-corrected chi connectivity index (χ1v) is 7.31. The minimum atomic E-state index is -1.03. The van der Waals surface area contributed by atoms with Gasteiger partial charge < -0.3 is 15.2 Å². The van der Waals surface area contributed by atoms with Crippen LogP contribution in [0.4, 0.5) is 0 Å². The molecular weight excluding hydrogens is 330 g/mol. The number of ether oxygens (including phenoxy) is 2. The number of carbonyl (C=O) groups excluding carboxylic acids is 2. The molecule has 0 spiro atoms. The normalized spacial score (nSPS) is 11.0. The number of hydrogen-bond acceptors (Lipinski definition) is 5. The van der Waals surface area contributed by atoms with Gasteiger partial charge in [-0.25, -0.2) is 0 Å². The van der Waals surface area contributed by atoms with E-state index in [1.165, 1.54) is 0 Å². The first kappa shape index (κ1) is 19.7. The molecular formula is C18H20ClNO4. The Morgan fingerprint density at radius 1 is 0.833 bits per heavy atom. The quantitative estimate of drug-likeness (QED) is 0.777. The molecule has 0 unspecified atom stereocenters. The minimum absolute atomic E-state index is 0. The molecule has 5 nitrogen and oxygen atoms in total. The smallest absolute Gasteiger partial charge is 0.323 e. The summed E-state index contributed by atoms with van der Waals surface area (Å²) < 4.78 is 10.2. The molecule has 2 rings (SSSR count). The van der Waals surface area contributed by atoms with Crippen LogP contribution in [0, 0.1) is 0 Å². The van der Waals surface area contributed by atoms with E-state index in [-0.39, 0.29) is 32.0 Å². The number of nitrogens with two attached hydrogens (primary N) is 1. The standard InChI is InChI=1S/C18H19NO4.ClH/c19-16(18(21)23-13-15-9-5-2-6-10-15)11-17(20)22-12-14-7-3-1-4-8-14;/h1-10,16H,11-13,19H2;1H/t16-;/m1./s1. The van der Waals surface area contributed by atoms with Crippen LogP contribution in [-0.4, -0.2) is 18.0 Å². The first-order chi connectivity index (χ1) is 11.1. The van der Waals surface area contributed by atoms with Crippen molar-refractivity contribution in [3.8, 4) is 0 Å². The fourth-order valence-corrected chi connectivity index (χ4v) is 1.90. The van der Waals surface area contributed by atoms with Crippen molar-refractivity contribution in [1.29, 1.82) is 0 Å². The lowest BCUT2D eigenvalue weighted by atomic mass is 10.2. The van der Waals surface area contributed by atoms with Crippen molar-refractivity contribution < 1.29 is 19.1 Å². The monoisotopic (exact) mass is 349 g/mol. The third kappa shape index (κ3) is 6.81. The highest BCUT2D eigenvalue weighted by Gasteiger charge is 2.20. The molecule has 0 bridgehead atoms. The predicted molar refractivity (Wildman–Crippen MR) is 92.3 cm³/mol. The summed E-state index contributed by atoms with van der Waals surface area (Å²) in [5.74, 6) is -1.15. The summed E-state index contributed by atoms with van der Waals surface area (Å²) in [7, 11) is 0. The van der Waals surface area contributed by atoms with Crippen LogP contribution in [0.5, 0.6) is 0 Å². The van der Waals surface area contributed by atoms with Gasteiger partial charge in [0.1, 0.15) is 19.3 Å². The van der Waals surface area contributed by atoms with Crippen LogP contribution in [0.15, 0.2) is 60.7 Å². The van der Waals surface area contributed by atoms with Gasteiger partial charge in [0.15, 0.2) is 0 Å². The third-order valence-corrected chi connectivity index (χ3v) is 3.16. The molecule has 2 aromatic rings. The molecule has 24 heavy (non-hydrogen) atoms. The highest BCUT2D eigenvalue weighted by molar-refractivity contribution is 5.85. The molecule has 0 heterocycles. The number of halogens is 1. The molecule has 1 atom stereocenters. The molecule has 128 valence electrons. The van der Waals surface area contributed by atoms with Crippen molar-refractivity contribution in [3.05, 3.63) is 71.8 Å². The molecule has 2 aromatic carbocycles. The summed E-state index contributed by atoms with van der Waals surface area (Å²) in [5, 5.41) is 0. The third-order valence-electron chi connectivity index (χ3n) is 3.16. The SMILES string of the molecule is Cl.N[C@H](CC(=O)OCc1ccccc1)C(=O)OCc1ccccc1. The van der Waals surface area contributed by atoms with Crippen LogP contribution in [0.3, 0.4) is 0 Å². The summed E-state index contributed by atoms with van der Waals surface area (Å²) in [6.45, 7) is 0.290. The summed E-state index contributed by atoms with van der Waals surface area (Å²) in [6, 6.07) is 17.5. The van der Waals surface area contributed by atoms with Gasteiger partial charge in [0.05, 0.1) is 6.42 Å². The second-order valence-electron chi connectivity index (χ2n) is 5.05. The molecule has 0 aliphatic heterocycles. The fourth-order valence-electron chi connectivity index (χ4n) is 1.90. The van der Waals surface area contributed by atoms with E-state index in [0.717, 1.165) is 11.1 Å². The maximum Gasteiger partial charge on any atom is 0.323 e. The molecule has 6 heteroatoms. The molecule has 0 radical (unpaired) electrons. The van der Waals surface area contributed by atoms with Crippen molar-refractivity contribution >= 4 is 24.3 Å². The lowest BCUT2D eigenvalue weighted by Gasteiger charge is -2.11. The van der Waals surface area contributed by atoms with Gasteiger partial charge in [0, 0.05) is 0 Å². The maximum atomic E-state index is 11.8. The Morgan fingerprint density at radius 2 is 1.29 bits per heavy atom. The van der Waals surface area contributed by atoms with E-state index >= 15 is 0 Å². The molecule has 2 N–H and O–H groups in total. The number of hydrogen-bond donors (Lipinski definition) is 1. The molecule has 0 aliphatic rings. The van der Waals surface area contributed by atoms with Crippen LogP contribution in [0.1, 0.15) is 17.5 Å². The summed E-state index contributed by atoms with van der Waals surface area (Å²) >= 11 is 0. The van der Waals surface area contributed by atoms with Crippen LogP contribution >= 0.6 is 12.4 Å². The largest absolute Gasteiger partial charge is 0.461 e. The lowest BCUT2D eigenvalue weighted by Crippen LogP contribution is -2.34. The topological polar surface area (TPSA) is 78.6 Å². The zero-order valence-corrected chi connectivity index (χ0v) is 13.9. The number of rotatable bonds is 7. The Hall–Kier alpha value is -2.37. The molecule has 0 amide bonds. The zero-order chi connectivity index (χ0) is 16.5. The zero-order valence-electron chi connectivity index (χ0n) is 13.1. The van der Waals surface area contributed by atoms with Crippen molar-refractivity contribution in [2.75, 3.05) is 0 Å². The predicted octanol–water partition coefficient (Wildman–Crippen LogP) is 2.61. The van der Waals surface area contributed by atoms with E-state index in [0.29, 0.717) is 0 Å². The van der Waals surface area contributed by atoms with Crippen molar-refractivity contribution in [1.82, 2.24) is 0 Å². The van der Waals surface area contributed by atoms with E-state index in [2.05, 4.69) is 0 Å². The Balaban J connectivity index is 0.00000288. The van der Waals surface area contributed by atoms with Crippen LogP contribution in [0.25, 0.3) is 0 Å². The molecule has 0 saturated heterocycles. The molecule has 0 fully saturated rings.